The molecule has 4 N–H and O–H groups in total. The molecule has 0 aromatic rings. The summed E-state index contributed by atoms with van der Waals surface area (Å²) >= 11 is 0. The van der Waals surface area contributed by atoms with Crippen LogP contribution in [0.5, 0.6) is 0 Å². The van der Waals surface area contributed by atoms with Crippen LogP contribution in [0, 0.1) is 0 Å². The fourth-order valence-corrected chi connectivity index (χ4v) is 1.29. The maximum absolute atomic E-state index is 10.4. The Morgan fingerprint density at radius 2 is 2.11 bits per heavy atom. The summed E-state index contributed by atoms with van der Waals surface area (Å²) in [4.78, 5) is 17.0. The van der Waals surface area contributed by atoms with Crippen LogP contribution in [0.25, 0.3) is 0 Å². The minimum atomic E-state index is -3.90. The predicted octanol–water partition coefficient (Wildman–Crippen LogP) is -0.0986. The molecular formula is C4H12NO3P. The third-order valence-corrected chi connectivity index (χ3v) is 2.75. The Hall–Kier alpha value is 0.110. The normalized spacial score (nSPS) is 15.6. The summed E-state index contributed by atoms with van der Waals surface area (Å²) in [6.07, 6.45) is 0.431. The molecule has 0 fully saturated rings. The molecule has 1 unspecified atom stereocenters. The van der Waals surface area contributed by atoms with Crippen molar-refractivity contribution in [1.29, 1.82) is 0 Å². The molecule has 9 heavy (non-hydrogen) atoms. The Balaban J connectivity index is 3.96. The largest absolute Gasteiger partial charge is 0.330 e. The second kappa shape index (κ2) is 3.32. The Labute approximate surface area is 54.2 Å². The molecule has 0 amide bonds. The summed E-state index contributed by atoms with van der Waals surface area (Å²) in [6, 6.07) is 0. The van der Waals surface area contributed by atoms with E-state index in [4.69, 9.17) is 15.5 Å². The molecule has 0 aliphatic carbocycles. The van der Waals surface area contributed by atoms with Gasteiger partial charge in [-0.15, -0.1) is 0 Å². The zero-order valence-corrected chi connectivity index (χ0v) is 6.21. The zero-order chi connectivity index (χ0) is 7.49. The van der Waals surface area contributed by atoms with E-state index < -0.39 is 13.3 Å². The molecule has 0 rings (SSSR count). The van der Waals surface area contributed by atoms with Crippen molar-refractivity contribution in [2.75, 3.05) is 6.54 Å². The van der Waals surface area contributed by atoms with Gasteiger partial charge in [0.05, 0.1) is 5.66 Å². The van der Waals surface area contributed by atoms with Gasteiger partial charge in [-0.1, -0.05) is 6.92 Å². The van der Waals surface area contributed by atoms with Crippen LogP contribution >= 0.6 is 7.60 Å². The van der Waals surface area contributed by atoms with Crippen molar-refractivity contribution in [2.45, 2.75) is 19.0 Å². The fourth-order valence-electron chi connectivity index (χ4n) is 0.542. The molecule has 0 bridgehead atoms. The summed E-state index contributed by atoms with van der Waals surface area (Å²) in [5.41, 5.74) is 4.42. The Kier molecular flexibility index (Phi) is 3.36. The first-order chi connectivity index (χ1) is 4.02. The fraction of sp³-hybridized carbons (Fsp3) is 1.00. The third kappa shape index (κ3) is 2.96. The smallest absolute Gasteiger partial charge is 0.329 e. The van der Waals surface area contributed by atoms with Gasteiger partial charge < -0.3 is 15.5 Å². The summed E-state index contributed by atoms with van der Waals surface area (Å²) < 4.78 is 10.4. The molecule has 0 spiro atoms. The molecule has 0 heterocycles. The van der Waals surface area contributed by atoms with Gasteiger partial charge in [0, 0.05) is 6.54 Å². The van der Waals surface area contributed by atoms with E-state index >= 15 is 0 Å². The first-order valence-electron chi connectivity index (χ1n) is 2.77. The minimum Gasteiger partial charge on any atom is -0.330 e. The van der Waals surface area contributed by atoms with E-state index in [0.29, 0.717) is 6.42 Å². The van der Waals surface area contributed by atoms with Crippen LogP contribution < -0.4 is 5.73 Å². The molecule has 1 atom stereocenters. The van der Waals surface area contributed by atoms with Crippen molar-refractivity contribution in [1.82, 2.24) is 0 Å². The lowest BCUT2D eigenvalue weighted by Gasteiger charge is -2.12. The lowest BCUT2D eigenvalue weighted by molar-refractivity contribution is 0.356. The zero-order valence-electron chi connectivity index (χ0n) is 5.32. The number of hydrogen-bond acceptors (Lipinski definition) is 2. The number of hydrogen-bond donors (Lipinski definition) is 3. The Bertz CT molecular complexity index is 117. The van der Waals surface area contributed by atoms with Crippen molar-refractivity contribution in [3.8, 4) is 0 Å². The van der Waals surface area contributed by atoms with Crippen LogP contribution in [-0.4, -0.2) is 22.0 Å². The van der Waals surface area contributed by atoms with E-state index in [2.05, 4.69) is 0 Å². The van der Waals surface area contributed by atoms with Crippen molar-refractivity contribution in [3.05, 3.63) is 0 Å². The average Bonchev–Trinajstić information content (AvgIpc) is 1.65. The van der Waals surface area contributed by atoms with Crippen molar-refractivity contribution >= 4 is 7.60 Å². The molecule has 4 nitrogen and oxygen atoms in total. The second-order valence-electron chi connectivity index (χ2n) is 1.89. The van der Waals surface area contributed by atoms with E-state index in [9.17, 15) is 4.57 Å². The lowest BCUT2D eigenvalue weighted by Crippen LogP contribution is -2.19. The second-order valence-corrected chi connectivity index (χ2v) is 3.80. The van der Waals surface area contributed by atoms with Gasteiger partial charge in [-0.25, -0.2) is 0 Å². The topological polar surface area (TPSA) is 83.6 Å². The highest BCUT2D eigenvalue weighted by Crippen LogP contribution is 2.41. The van der Waals surface area contributed by atoms with Crippen LogP contribution in [0.4, 0.5) is 0 Å². The van der Waals surface area contributed by atoms with Crippen LogP contribution in [0.1, 0.15) is 13.3 Å². The molecule has 0 radical (unpaired) electrons. The van der Waals surface area contributed by atoms with Crippen LogP contribution in [0.2, 0.25) is 0 Å². The van der Waals surface area contributed by atoms with Gasteiger partial charge in [0.15, 0.2) is 0 Å². The van der Waals surface area contributed by atoms with Crippen molar-refractivity contribution in [2.24, 2.45) is 5.73 Å². The molecule has 0 aromatic heterocycles. The van der Waals surface area contributed by atoms with Gasteiger partial charge in [0.1, 0.15) is 0 Å². The maximum Gasteiger partial charge on any atom is 0.329 e. The molecule has 0 saturated carbocycles. The lowest BCUT2D eigenvalue weighted by atomic mass is 10.3. The summed E-state index contributed by atoms with van der Waals surface area (Å²) in [5, 5.41) is 0. The summed E-state index contributed by atoms with van der Waals surface area (Å²) in [6.45, 7) is 1.76. The standard InChI is InChI=1S/C4H12NO3P/c1-2-4(3-5)9(6,7)8/h4H,2-3,5H2,1H3,(H2,6,7,8). The molecular weight excluding hydrogens is 141 g/mol. The first-order valence-corrected chi connectivity index (χ1v) is 4.45. The Morgan fingerprint density at radius 1 is 1.67 bits per heavy atom. The van der Waals surface area contributed by atoms with Gasteiger partial charge >= 0.3 is 7.60 Å². The highest BCUT2D eigenvalue weighted by Gasteiger charge is 2.24. The summed E-state index contributed by atoms with van der Waals surface area (Å²) in [5.74, 6) is 0. The van der Waals surface area contributed by atoms with E-state index in [0.717, 1.165) is 0 Å². The number of rotatable bonds is 3. The Morgan fingerprint density at radius 3 is 2.11 bits per heavy atom. The van der Waals surface area contributed by atoms with Crippen LogP contribution in [-0.2, 0) is 4.57 Å². The first kappa shape index (κ1) is 9.11. The van der Waals surface area contributed by atoms with E-state index in [1.165, 1.54) is 0 Å². The SMILES string of the molecule is CCC(CN)P(=O)(O)O. The highest BCUT2D eigenvalue weighted by molar-refractivity contribution is 7.52. The van der Waals surface area contributed by atoms with Gasteiger partial charge in [-0.2, -0.15) is 0 Å². The average molecular weight is 153 g/mol. The van der Waals surface area contributed by atoms with Gasteiger partial charge in [0.25, 0.3) is 0 Å². The quantitative estimate of drug-likeness (QED) is 0.494. The van der Waals surface area contributed by atoms with E-state index in [-0.39, 0.29) is 6.54 Å². The monoisotopic (exact) mass is 153 g/mol. The summed E-state index contributed by atoms with van der Waals surface area (Å²) in [7, 11) is -3.90. The van der Waals surface area contributed by atoms with Crippen molar-refractivity contribution < 1.29 is 14.4 Å². The van der Waals surface area contributed by atoms with E-state index in [1.54, 1.807) is 6.92 Å². The molecule has 0 aliphatic rings. The molecule has 0 saturated heterocycles. The van der Waals surface area contributed by atoms with Gasteiger partial charge in [-0.05, 0) is 6.42 Å². The maximum atomic E-state index is 10.4. The highest BCUT2D eigenvalue weighted by atomic mass is 31.2. The van der Waals surface area contributed by atoms with E-state index in [1.807, 2.05) is 0 Å². The predicted molar refractivity (Wildman–Crippen MR) is 35.2 cm³/mol. The molecule has 0 aliphatic heterocycles. The molecule has 56 valence electrons. The van der Waals surface area contributed by atoms with Gasteiger partial charge in [0.2, 0.25) is 0 Å². The van der Waals surface area contributed by atoms with Crippen molar-refractivity contribution in [3.63, 3.8) is 0 Å². The van der Waals surface area contributed by atoms with Crippen LogP contribution in [0.15, 0.2) is 0 Å². The number of nitrogens with two attached hydrogens (primary N) is 1. The molecule has 5 heteroatoms. The van der Waals surface area contributed by atoms with Gasteiger partial charge in [-0.3, -0.25) is 4.57 Å². The minimum absolute atomic E-state index is 0.0563. The molecule has 0 aromatic carbocycles. The van der Waals surface area contributed by atoms with Crippen LogP contribution in [0.3, 0.4) is 0 Å². The third-order valence-electron chi connectivity index (χ3n) is 1.22.